The topological polar surface area (TPSA) is 93.8 Å². The number of para-hydroxylation sites is 2. The highest BCUT2D eigenvalue weighted by Gasteiger charge is 2.16. The highest BCUT2D eigenvalue weighted by atomic mass is 32.2. The summed E-state index contributed by atoms with van der Waals surface area (Å²) >= 11 is 1.18. The number of carbonyl (C=O) groups is 1. The lowest BCUT2D eigenvalue weighted by Gasteiger charge is -2.04. The van der Waals surface area contributed by atoms with Gasteiger partial charge in [-0.1, -0.05) is 41.6 Å². The van der Waals surface area contributed by atoms with Gasteiger partial charge in [0.05, 0.1) is 22.5 Å². The normalized spacial score (nSPS) is 10.9. The molecule has 0 atom stereocenters. The highest BCUT2D eigenvalue weighted by molar-refractivity contribution is 7.99. The molecule has 0 saturated heterocycles. The molecule has 4 aromatic rings. The van der Waals surface area contributed by atoms with Gasteiger partial charge >= 0.3 is 0 Å². The van der Waals surface area contributed by atoms with E-state index in [1.165, 1.54) is 11.8 Å². The van der Waals surface area contributed by atoms with Crippen molar-refractivity contribution in [2.75, 3.05) is 11.1 Å². The summed E-state index contributed by atoms with van der Waals surface area (Å²) in [6.45, 7) is 3.84. The molecule has 1 N–H and O–H groups in total. The molecule has 0 saturated carbocycles. The number of hydrogen-bond donors (Lipinski definition) is 1. The van der Waals surface area contributed by atoms with Crippen molar-refractivity contribution >= 4 is 34.4 Å². The first-order valence-corrected chi connectivity index (χ1v) is 9.63. The third-order valence-electron chi connectivity index (χ3n) is 4.02. The molecule has 28 heavy (non-hydrogen) atoms. The van der Waals surface area contributed by atoms with E-state index >= 15 is 0 Å². The molecule has 2 aromatic carbocycles. The van der Waals surface area contributed by atoms with Crippen LogP contribution in [0, 0.1) is 13.8 Å². The van der Waals surface area contributed by atoms with Gasteiger partial charge in [0.25, 0.3) is 11.1 Å². The number of nitrogens with one attached hydrogen (secondary N) is 1. The molecule has 0 unspecified atom stereocenters. The van der Waals surface area contributed by atoms with E-state index in [0.29, 0.717) is 16.6 Å². The van der Waals surface area contributed by atoms with E-state index in [2.05, 4.69) is 25.5 Å². The molecule has 0 aliphatic rings. The van der Waals surface area contributed by atoms with Crippen molar-refractivity contribution < 1.29 is 9.21 Å². The molecule has 4 rings (SSSR count). The molecule has 0 spiro atoms. The number of fused-ring (bicyclic) bond motifs is 1. The zero-order valence-electron chi connectivity index (χ0n) is 15.3. The Labute approximate surface area is 165 Å². The number of anilines is 1. The zero-order valence-corrected chi connectivity index (χ0v) is 16.2. The number of nitrogens with zero attached hydrogens (tertiary/aromatic N) is 4. The number of benzene rings is 2. The molecular weight excluding hydrogens is 374 g/mol. The minimum absolute atomic E-state index is 0.143. The van der Waals surface area contributed by atoms with Gasteiger partial charge in [-0.2, -0.15) is 0 Å². The van der Waals surface area contributed by atoms with Crippen LogP contribution in [0.15, 0.2) is 58.2 Å². The lowest BCUT2D eigenvalue weighted by Crippen LogP contribution is -2.13. The Morgan fingerprint density at radius 1 is 1.00 bits per heavy atom. The molecule has 2 heterocycles. The Morgan fingerprint density at radius 3 is 2.46 bits per heavy atom. The molecule has 0 fully saturated rings. The Balaban J connectivity index is 1.44. The first-order valence-electron chi connectivity index (χ1n) is 8.65. The highest BCUT2D eigenvalue weighted by Crippen LogP contribution is 2.25. The van der Waals surface area contributed by atoms with E-state index < -0.39 is 0 Å². The Kier molecular flexibility index (Phi) is 5.03. The maximum Gasteiger partial charge on any atom is 0.277 e. The number of aromatic nitrogens is 4. The number of rotatable bonds is 5. The second kappa shape index (κ2) is 7.77. The quantitative estimate of drug-likeness (QED) is 0.513. The van der Waals surface area contributed by atoms with Crippen LogP contribution in [0.5, 0.6) is 0 Å². The maximum absolute atomic E-state index is 12.1. The number of aryl methyl sites for hydroxylation is 2. The van der Waals surface area contributed by atoms with Gasteiger partial charge in [-0.05, 0) is 38.1 Å². The third-order valence-corrected chi connectivity index (χ3v) is 4.83. The molecule has 140 valence electrons. The summed E-state index contributed by atoms with van der Waals surface area (Å²) in [5.41, 5.74) is 4.71. The van der Waals surface area contributed by atoms with Crippen molar-refractivity contribution in [3.8, 4) is 11.6 Å². The molecule has 1 amide bonds. The van der Waals surface area contributed by atoms with Crippen LogP contribution in [0.2, 0.25) is 0 Å². The summed E-state index contributed by atoms with van der Waals surface area (Å²) < 4.78 is 5.67. The van der Waals surface area contributed by atoms with Crippen LogP contribution < -0.4 is 5.32 Å². The summed E-state index contributed by atoms with van der Waals surface area (Å²) in [5.74, 6) is 0.310. The van der Waals surface area contributed by atoms with Gasteiger partial charge in [-0.25, -0.2) is 9.97 Å². The minimum atomic E-state index is -0.143. The lowest BCUT2D eigenvalue weighted by atomic mass is 10.2. The van der Waals surface area contributed by atoms with Gasteiger partial charge in [0.1, 0.15) is 5.69 Å². The summed E-state index contributed by atoms with van der Waals surface area (Å²) in [5, 5.41) is 11.2. The standard InChI is InChI=1S/C20H17N5O2S/c1-12-7-9-14(10-8-12)22-17(26)11-28-20-25-24-19(27-20)18-13(2)21-15-5-3-4-6-16(15)23-18/h3-10H,11H2,1-2H3,(H,22,26). The van der Waals surface area contributed by atoms with E-state index in [1.807, 2.05) is 62.4 Å². The number of hydrogen-bond acceptors (Lipinski definition) is 7. The van der Waals surface area contributed by atoms with Crippen LogP contribution in [-0.2, 0) is 4.79 Å². The van der Waals surface area contributed by atoms with Crippen LogP contribution >= 0.6 is 11.8 Å². The Morgan fingerprint density at radius 2 is 1.71 bits per heavy atom. The first kappa shape index (κ1) is 18.1. The van der Waals surface area contributed by atoms with E-state index in [-0.39, 0.29) is 17.6 Å². The van der Waals surface area contributed by atoms with Gasteiger partial charge in [-0.3, -0.25) is 4.79 Å². The van der Waals surface area contributed by atoms with Gasteiger partial charge in [0, 0.05) is 5.69 Å². The molecule has 0 aliphatic heterocycles. The van der Waals surface area contributed by atoms with Crippen molar-refractivity contribution in [1.29, 1.82) is 0 Å². The largest absolute Gasteiger partial charge is 0.410 e. The van der Waals surface area contributed by atoms with E-state index in [0.717, 1.165) is 22.3 Å². The number of amides is 1. The van der Waals surface area contributed by atoms with E-state index in [4.69, 9.17) is 4.42 Å². The van der Waals surface area contributed by atoms with Gasteiger partial charge < -0.3 is 9.73 Å². The fraction of sp³-hybridized carbons (Fsp3) is 0.150. The van der Waals surface area contributed by atoms with E-state index in [1.54, 1.807) is 0 Å². The molecule has 0 radical (unpaired) electrons. The first-order chi connectivity index (χ1) is 13.6. The monoisotopic (exact) mass is 391 g/mol. The number of thioether (sulfide) groups is 1. The Bertz CT molecular complexity index is 1140. The number of carbonyl (C=O) groups excluding carboxylic acids is 1. The predicted octanol–water partition coefficient (Wildman–Crippen LogP) is 4.03. The maximum atomic E-state index is 12.1. The third kappa shape index (κ3) is 4.01. The lowest BCUT2D eigenvalue weighted by molar-refractivity contribution is -0.113. The smallest absolute Gasteiger partial charge is 0.277 e. The Hall–Kier alpha value is -3.26. The summed E-state index contributed by atoms with van der Waals surface area (Å²) in [7, 11) is 0. The summed E-state index contributed by atoms with van der Waals surface area (Å²) in [6.07, 6.45) is 0. The van der Waals surface area contributed by atoms with Gasteiger partial charge in [0.2, 0.25) is 5.91 Å². The van der Waals surface area contributed by atoms with Crippen molar-refractivity contribution in [3.63, 3.8) is 0 Å². The zero-order chi connectivity index (χ0) is 19.5. The van der Waals surface area contributed by atoms with E-state index in [9.17, 15) is 4.79 Å². The molecule has 2 aromatic heterocycles. The predicted molar refractivity (Wildman–Crippen MR) is 108 cm³/mol. The molecule has 7 nitrogen and oxygen atoms in total. The van der Waals surface area contributed by atoms with Crippen molar-refractivity contribution in [1.82, 2.24) is 20.2 Å². The van der Waals surface area contributed by atoms with Crippen molar-refractivity contribution in [2.45, 2.75) is 19.1 Å². The van der Waals surface area contributed by atoms with Crippen LogP contribution in [0.4, 0.5) is 5.69 Å². The SMILES string of the molecule is Cc1ccc(NC(=O)CSc2nnc(-c3nc4ccccc4nc3C)o2)cc1. The minimum Gasteiger partial charge on any atom is -0.410 e. The fourth-order valence-electron chi connectivity index (χ4n) is 2.62. The van der Waals surface area contributed by atoms with Crippen LogP contribution in [0.1, 0.15) is 11.3 Å². The van der Waals surface area contributed by atoms with Gasteiger partial charge in [-0.15, -0.1) is 10.2 Å². The van der Waals surface area contributed by atoms with Gasteiger partial charge in [0.15, 0.2) is 0 Å². The van der Waals surface area contributed by atoms with Crippen molar-refractivity contribution in [3.05, 3.63) is 59.8 Å². The second-order valence-corrected chi connectivity index (χ2v) is 7.15. The molecule has 8 heteroatoms. The van der Waals surface area contributed by atoms with Crippen molar-refractivity contribution in [2.24, 2.45) is 0 Å². The van der Waals surface area contributed by atoms with Crippen LogP contribution in [0.3, 0.4) is 0 Å². The van der Waals surface area contributed by atoms with Crippen LogP contribution in [0.25, 0.3) is 22.6 Å². The summed E-state index contributed by atoms with van der Waals surface area (Å²) in [6, 6.07) is 15.2. The molecule has 0 aliphatic carbocycles. The molecule has 0 bridgehead atoms. The summed E-state index contributed by atoms with van der Waals surface area (Å²) in [4.78, 5) is 21.2. The van der Waals surface area contributed by atoms with Crippen LogP contribution in [-0.4, -0.2) is 31.8 Å². The second-order valence-electron chi connectivity index (χ2n) is 6.22. The molecular formula is C20H17N5O2S. The average molecular weight is 391 g/mol. The average Bonchev–Trinajstić information content (AvgIpc) is 3.16. The fourth-order valence-corrected chi connectivity index (χ4v) is 3.18.